The van der Waals surface area contributed by atoms with Crippen LogP contribution in [-0.2, 0) is 6.54 Å². The monoisotopic (exact) mass is 530 g/mol. The van der Waals surface area contributed by atoms with Crippen LogP contribution >= 0.6 is 0 Å². The van der Waals surface area contributed by atoms with Crippen molar-refractivity contribution in [3.05, 3.63) is 71.6 Å². The van der Waals surface area contributed by atoms with E-state index >= 15 is 0 Å². The molecule has 2 aromatic carbocycles. The van der Waals surface area contributed by atoms with Crippen LogP contribution in [0.3, 0.4) is 0 Å². The average Bonchev–Trinajstić information content (AvgIpc) is 3.46. The predicted octanol–water partition coefficient (Wildman–Crippen LogP) is 1.67. The zero-order valence-electron chi connectivity index (χ0n) is 21.7. The number of hydrogen-bond acceptors (Lipinski definition) is 10. The molecule has 12 heteroatoms. The van der Waals surface area contributed by atoms with Gasteiger partial charge in [-0.05, 0) is 24.6 Å². The first-order valence-electron chi connectivity index (χ1n) is 12.6. The van der Waals surface area contributed by atoms with Crippen LogP contribution in [0.25, 0.3) is 10.9 Å². The van der Waals surface area contributed by atoms with Gasteiger partial charge in [0.1, 0.15) is 24.0 Å². The third-order valence-electron chi connectivity index (χ3n) is 6.42. The molecule has 39 heavy (non-hydrogen) atoms. The molecule has 0 unspecified atom stereocenters. The molecular formula is C27H30N8O4. The molecule has 2 aromatic heterocycles. The summed E-state index contributed by atoms with van der Waals surface area (Å²) in [6.45, 7) is 3.67. The van der Waals surface area contributed by atoms with E-state index < -0.39 is 12.0 Å². The van der Waals surface area contributed by atoms with Crippen LogP contribution in [-0.4, -0.2) is 63.4 Å². The Kier molecular flexibility index (Phi) is 7.66. The summed E-state index contributed by atoms with van der Waals surface area (Å²) in [5, 5.41) is 18.0. The van der Waals surface area contributed by atoms with Gasteiger partial charge in [0.25, 0.3) is 5.91 Å². The van der Waals surface area contributed by atoms with Crippen LogP contribution < -0.4 is 31.5 Å². The van der Waals surface area contributed by atoms with Gasteiger partial charge in [-0.25, -0.2) is 15.0 Å². The van der Waals surface area contributed by atoms with Gasteiger partial charge >= 0.3 is 0 Å². The van der Waals surface area contributed by atoms with Crippen molar-refractivity contribution in [2.75, 3.05) is 37.9 Å². The Morgan fingerprint density at radius 3 is 2.74 bits per heavy atom. The fourth-order valence-electron chi connectivity index (χ4n) is 4.37. The van der Waals surface area contributed by atoms with E-state index in [0.29, 0.717) is 36.6 Å². The number of aromatic nitrogens is 4. The zero-order valence-corrected chi connectivity index (χ0v) is 21.7. The highest BCUT2D eigenvalue weighted by Crippen LogP contribution is 2.37. The average molecular weight is 531 g/mol. The van der Waals surface area contributed by atoms with Crippen molar-refractivity contribution < 1.29 is 19.4 Å². The van der Waals surface area contributed by atoms with E-state index in [1.165, 1.54) is 19.5 Å². The first kappa shape index (κ1) is 26.1. The van der Waals surface area contributed by atoms with E-state index in [1.54, 1.807) is 6.07 Å². The normalized spacial score (nSPS) is 14.5. The summed E-state index contributed by atoms with van der Waals surface area (Å²) < 4.78 is 13.5. The minimum Gasteiger partial charge on any atom is -0.491 e. The molecular weight excluding hydrogens is 500 g/mol. The van der Waals surface area contributed by atoms with Gasteiger partial charge in [0, 0.05) is 43.5 Å². The zero-order chi connectivity index (χ0) is 27.4. The molecule has 0 saturated heterocycles. The van der Waals surface area contributed by atoms with E-state index in [1.807, 2.05) is 47.9 Å². The molecule has 0 bridgehead atoms. The maximum Gasteiger partial charge on any atom is 0.283 e. The molecule has 1 amide bonds. The van der Waals surface area contributed by atoms with E-state index in [9.17, 15) is 9.90 Å². The van der Waals surface area contributed by atoms with Crippen molar-refractivity contribution >= 4 is 28.6 Å². The number of nitrogens with one attached hydrogen (secondary N) is 2. The number of carbonyl (C=O) groups is 1. The number of fused-ring (bicyclic) bond motifs is 3. The van der Waals surface area contributed by atoms with E-state index in [2.05, 4.69) is 30.6 Å². The molecule has 1 aliphatic heterocycles. The number of ether oxygens (including phenoxy) is 2. The van der Waals surface area contributed by atoms with Crippen LogP contribution in [0.5, 0.6) is 11.5 Å². The summed E-state index contributed by atoms with van der Waals surface area (Å²) in [5.41, 5.74) is 7.53. The summed E-state index contributed by atoms with van der Waals surface area (Å²) in [4.78, 5) is 29.4. The molecule has 0 aliphatic carbocycles. The van der Waals surface area contributed by atoms with Gasteiger partial charge in [0.15, 0.2) is 11.5 Å². The van der Waals surface area contributed by atoms with E-state index in [0.717, 1.165) is 16.8 Å². The number of methoxy groups -OCH3 is 1. The number of nitrogens with zero attached hydrogens (tertiary/aromatic N) is 5. The first-order valence-corrected chi connectivity index (χ1v) is 12.6. The summed E-state index contributed by atoms with van der Waals surface area (Å²) in [7, 11) is 1.52. The van der Waals surface area contributed by atoms with Crippen LogP contribution in [0.1, 0.15) is 28.9 Å². The largest absolute Gasteiger partial charge is 0.491 e. The molecule has 0 saturated carbocycles. The van der Waals surface area contributed by atoms with Gasteiger partial charge < -0.3 is 30.9 Å². The smallest absolute Gasteiger partial charge is 0.283 e. The SMILES string of the molecule is COc1c(OC[C@H](O)CN[C@@H](C)c2ccccc2)ccc2c3n(c(=NC(=O)c4cnc(N)nc4)nc12)CCN3. The lowest BCUT2D eigenvalue weighted by atomic mass is 10.1. The number of benzene rings is 2. The molecule has 12 nitrogen and oxygen atoms in total. The minimum absolute atomic E-state index is 0.0428. The highest BCUT2D eigenvalue weighted by atomic mass is 16.5. The van der Waals surface area contributed by atoms with E-state index in [-0.39, 0.29) is 29.8 Å². The summed E-state index contributed by atoms with van der Waals surface area (Å²) >= 11 is 0. The van der Waals surface area contributed by atoms with E-state index in [4.69, 9.17) is 15.2 Å². The number of anilines is 2. The Bertz CT molecular complexity index is 1540. The third-order valence-corrected chi connectivity index (χ3v) is 6.42. The lowest BCUT2D eigenvalue weighted by Gasteiger charge is -2.19. The number of aliphatic hydroxyl groups excluding tert-OH is 1. The number of nitrogen functional groups attached to an aromatic ring is 1. The molecule has 2 atom stereocenters. The molecule has 3 heterocycles. The lowest BCUT2D eigenvalue weighted by Crippen LogP contribution is -2.33. The molecule has 4 aromatic rings. The molecule has 5 N–H and O–H groups in total. The molecule has 0 radical (unpaired) electrons. The number of nitrogens with two attached hydrogens (primary N) is 1. The van der Waals surface area contributed by atoms with Crippen molar-refractivity contribution in [2.24, 2.45) is 4.99 Å². The van der Waals surface area contributed by atoms with Crippen molar-refractivity contribution in [1.82, 2.24) is 24.8 Å². The van der Waals surface area contributed by atoms with Gasteiger partial charge in [0.05, 0.1) is 12.7 Å². The first-order chi connectivity index (χ1) is 18.9. The van der Waals surface area contributed by atoms with Crippen LogP contribution in [0.2, 0.25) is 0 Å². The van der Waals surface area contributed by atoms with Gasteiger partial charge in [-0.15, -0.1) is 0 Å². The second kappa shape index (κ2) is 11.5. The van der Waals surface area contributed by atoms with Crippen molar-refractivity contribution in [3.8, 4) is 11.5 Å². The Balaban J connectivity index is 1.39. The van der Waals surface area contributed by atoms with Gasteiger partial charge in [-0.3, -0.25) is 9.36 Å². The summed E-state index contributed by atoms with van der Waals surface area (Å²) in [6, 6.07) is 13.7. The Morgan fingerprint density at radius 2 is 2.00 bits per heavy atom. The molecule has 0 spiro atoms. The lowest BCUT2D eigenvalue weighted by molar-refractivity contribution is 0.0995. The molecule has 202 valence electrons. The standard InChI is InChI=1S/C27H30N8O4/c1-16(17-6-4-3-5-7-17)30-14-19(36)15-39-21-9-8-20-22(23(21)38-2)33-27(35-11-10-29-24(20)35)34-25(37)18-12-31-26(28)32-13-18/h3-9,12-13,16,19,29-30,36H,10-11,14-15H2,1-2H3,(H2,28,31,32)/t16-,19+/m0/s1. The number of amides is 1. The quantitative estimate of drug-likeness (QED) is 0.250. The molecule has 1 aliphatic rings. The maximum absolute atomic E-state index is 12.8. The highest BCUT2D eigenvalue weighted by molar-refractivity contribution is 5.96. The summed E-state index contributed by atoms with van der Waals surface area (Å²) in [6.07, 6.45) is 1.89. The molecule has 5 rings (SSSR count). The number of carbonyl (C=O) groups excluding carboxylic acids is 1. The van der Waals surface area contributed by atoms with Gasteiger partial charge in [-0.1, -0.05) is 30.3 Å². The Hall–Kier alpha value is -4.55. The minimum atomic E-state index is -0.757. The highest BCUT2D eigenvalue weighted by Gasteiger charge is 2.21. The van der Waals surface area contributed by atoms with Gasteiger partial charge in [0.2, 0.25) is 11.6 Å². The van der Waals surface area contributed by atoms with Gasteiger partial charge in [-0.2, -0.15) is 4.99 Å². The number of aliphatic hydroxyl groups is 1. The second-order valence-electron chi connectivity index (χ2n) is 9.08. The fraction of sp³-hybridized carbons (Fsp3) is 0.296. The topological polar surface area (TPSA) is 162 Å². The van der Waals surface area contributed by atoms with Crippen LogP contribution in [0.4, 0.5) is 11.8 Å². The maximum atomic E-state index is 12.8. The second-order valence-corrected chi connectivity index (χ2v) is 9.08. The van der Waals surface area contributed by atoms with Crippen molar-refractivity contribution in [2.45, 2.75) is 25.6 Å². The fourth-order valence-corrected chi connectivity index (χ4v) is 4.37. The Morgan fingerprint density at radius 1 is 1.23 bits per heavy atom. The van der Waals surface area contributed by atoms with Crippen molar-refractivity contribution in [3.63, 3.8) is 0 Å². The van der Waals surface area contributed by atoms with Crippen LogP contribution in [0, 0.1) is 0 Å². The van der Waals surface area contributed by atoms with Crippen molar-refractivity contribution in [1.29, 1.82) is 0 Å². The molecule has 0 fully saturated rings. The predicted molar refractivity (Wildman–Crippen MR) is 145 cm³/mol. The number of hydrogen-bond donors (Lipinski definition) is 4. The Labute approximate surface area is 224 Å². The van der Waals surface area contributed by atoms with Crippen LogP contribution in [0.15, 0.2) is 59.9 Å². The third kappa shape index (κ3) is 5.66. The number of rotatable bonds is 9. The summed E-state index contributed by atoms with van der Waals surface area (Å²) in [5.74, 6) is 1.08.